The molecule has 0 atom stereocenters. The molecule has 0 saturated carbocycles. The number of anilines is 2. The zero-order chi connectivity index (χ0) is 15.0. The van der Waals surface area contributed by atoms with Gasteiger partial charge in [-0.05, 0) is 49.7 Å². The van der Waals surface area contributed by atoms with E-state index in [1.165, 1.54) is 5.56 Å². The molecule has 0 aliphatic carbocycles. The topological polar surface area (TPSA) is 70.9 Å². The van der Waals surface area contributed by atoms with Crippen molar-refractivity contribution in [3.05, 3.63) is 59.3 Å². The number of nitrogens with one attached hydrogen (secondary N) is 2. The van der Waals surface area contributed by atoms with Gasteiger partial charge >= 0.3 is 0 Å². The Balaban J connectivity index is 1.95. The highest BCUT2D eigenvalue weighted by Gasteiger charge is 2.11. The first-order valence-corrected chi connectivity index (χ1v) is 6.81. The average molecular weight is 279 g/mol. The first-order valence-electron chi connectivity index (χ1n) is 6.81. The molecule has 4 heteroatoms. The Morgan fingerprint density at radius 3 is 2.67 bits per heavy atom. The van der Waals surface area contributed by atoms with E-state index < -0.39 is 0 Å². The van der Waals surface area contributed by atoms with Gasteiger partial charge in [-0.25, -0.2) is 0 Å². The van der Waals surface area contributed by atoms with Crippen molar-refractivity contribution < 1.29 is 4.79 Å². The molecule has 0 spiro atoms. The number of rotatable bonds is 2. The number of benzene rings is 2. The summed E-state index contributed by atoms with van der Waals surface area (Å²) < 4.78 is 0. The van der Waals surface area contributed by atoms with Crippen molar-refractivity contribution in [2.24, 2.45) is 0 Å². The number of fused-ring (bicyclic) bond motifs is 1. The number of nitrogens with two attached hydrogens (primary N) is 1. The molecule has 0 saturated heterocycles. The first kappa shape index (κ1) is 13.2. The quantitative estimate of drug-likeness (QED) is 0.627. The summed E-state index contributed by atoms with van der Waals surface area (Å²) >= 11 is 0. The zero-order valence-corrected chi connectivity index (χ0v) is 12.0. The second kappa shape index (κ2) is 4.98. The number of amides is 1. The summed E-state index contributed by atoms with van der Waals surface area (Å²) in [7, 11) is 0. The van der Waals surface area contributed by atoms with E-state index in [1.54, 1.807) is 12.1 Å². The molecular formula is C17H17N3O. The molecule has 1 aromatic heterocycles. The van der Waals surface area contributed by atoms with E-state index in [-0.39, 0.29) is 5.91 Å². The maximum absolute atomic E-state index is 12.4. The van der Waals surface area contributed by atoms with Crippen molar-refractivity contribution in [2.75, 3.05) is 11.1 Å². The van der Waals surface area contributed by atoms with Crippen LogP contribution in [-0.4, -0.2) is 10.9 Å². The minimum absolute atomic E-state index is 0.159. The Bertz CT molecular complexity index is 833. The summed E-state index contributed by atoms with van der Waals surface area (Å²) in [6, 6.07) is 12.9. The molecule has 0 radical (unpaired) electrons. The summed E-state index contributed by atoms with van der Waals surface area (Å²) in [4.78, 5) is 15.7. The number of para-hydroxylation sites is 2. The van der Waals surface area contributed by atoms with Crippen molar-refractivity contribution in [3.63, 3.8) is 0 Å². The van der Waals surface area contributed by atoms with Crippen LogP contribution in [0, 0.1) is 13.8 Å². The number of nitrogen functional groups attached to an aromatic ring is 1. The Kier molecular flexibility index (Phi) is 3.14. The highest BCUT2D eigenvalue weighted by molar-refractivity contribution is 6.07. The van der Waals surface area contributed by atoms with Crippen LogP contribution in [-0.2, 0) is 0 Å². The van der Waals surface area contributed by atoms with Crippen molar-refractivity contribution in [1.82, 2.24) is 4.98 Å². The predicted octanol–water partition coefficient (Wildman–Crippen LogP) is 3.62. The fraction of sp³-hybridized carbons (Fsp3) is 0.118. The van der Waals surface area contributed by atoms with Crippen LogP contribution >= 0.6 is 0 Å². The van der Waals surface area contributed by atoms with Gasteiger partial charge in [-0.2, -0.15) is 0 Å². The van der Waals surface area contributed by atoms with Crippen molar-refractivity contribution in [3.8, 4) is 0 Å². The van der Waals surface area contributed by atoms with Crippen LogP contribution < -0.4 is 11.1 Å². The SMILES string of the molecule is Cc1[nH]c2ccc(C(=O)Nc3ccccc3N)cc2c1C. The highest BCUT2D eigenvalue weighted by atomic mass is 16.1. The molecular weight excluding hydrogens is 262 g/mol. The number of hydrogen-bond acceptors (Lipinski definition) is 2. The molecule has 0 aliphatic rings. The van der Waals surface area contributed by atoms with Gasteiger partial charge in [0, 0.05) is 22.2 Å². The second-order valence-electron chi connectivity index (χ2n) is 5.18. The van der Waals surface area contributed by atoms with Crippen LogP contribution in [0.2, 0.25) is 0 Å². The number of H-pyrrole nitrogens is 1. The largest absolute Gasteiger partial charge is 0.397 e. The number of carbonyl (C=O) groups is 1. The lowest BCUT2D eigenvalue weighted by atomic mass is 10.1. The normalized spacial score (nSPS) is 10.8. The molecule has 0 aliphatic heterocycles. The third kappa shape index (κ3) is 2.36. The third-order valence-corrected chi connectivity index (χ3v) is 3.78. The van der Waals surface area contributed by atoms with Gasteiger partial charge in [0.2, 0.25) is 0 Å². The minimum Gasteiger partial charge on any atom is -0.397 e. The van der Waals surface area contributed by atoms with Gasteiger partial charge in [-0.1, -0.05) is 12.1 Å². The van der Waals surface area contributed by atoms with Crippen LogP contribution in [0.25, 0.3) is 10.9 Å². The molecule has 2 aromatic carbocycles. The average Bonchev–Trinajstić information content (AvgIpc) is 2.76. The summed E-state index contributed by atoms with van der Waals surface area (Å²) in [6.07, 6.45) is 0. The van der Waals surface area contributed by atoms with E-state index in [4.69, 9.17) is 5.73 Å². The Morgan fingerprint density at radius 1 is 1.14 bits per heavy atom. The lowest BCUT2D eigenvalue weighted by Gasteiger charge is -2.08. The Morgan fingerprint density at radius 2 is 1.90 bits per heavy atom. The Labute approximate surface area is 123 Å². The number of aromatic nitrogens is 1. The summed E-state index contributed by atoms with van der Waals surface area (Å²) in [6.45, 7) is 4.07. The predicted molar refractivity (Wildman–Crippen MR) is 86.6 cm³/mol. The third-order valence-electron chi connectivity index (χ3n) is 3.78. The van der Waals surface area contributed by atoms with Crippen molar-refractivity contribution in [1.29, 1.82) is 0 Å². The second-order valence-corrected chi connectivity index (χ2v) is 5.18. The van der Waals surface area contributed by atoms with Crippen LogP contribution in [0.1, 0.15) is 21.6 Å². The van der Waals surface area contributed by atoms with Gasteiger partial charge in [0.25, 0.3) is 5.91 Å². The molecule has 21 heavy (non-hydrogen) atoms. The highest BCUT2D eigenvalue weighted by Crippen LogP contribution is 2.23. The van der Waals surface area contributed by atoms with E-state index in [0.29, 0.717) is 16.9 Å². The maximum Gasteiger partial charge on any atom is 0.255 e. The monoisotopic (exact) mass is 279 g/mol. The van der Waals surface area contributed by atoms with E-state index in [9.17, 15) is 4.79 Å². The van der Waals surface area contributed by atoms with Gasteiger partial charge in [0.05, 0.1) is 11.4 Å². The van der Waals surface area contributed by atoms with Crippen LogP contribution in [0.4, 0.5) is 11.4 Å². The molecule has 4 N–H and O–H groups in total. The van der Waals surface area contributed by atoms with Gasteiger partial charge in [-0.15, -0.1) is 0 Å². The lowest BCUT2D eigenvalue weighted by Crippen LogP contribution is -2.13. The van der Waals surface area contributed by atoms with E-state index >= 15 is 0 Å². The van der Waals surface area contributed by atoms with Gasteiger partial charge in [0.1, 0.15) is 0 Å². The van der Waals surface area contributed by atoms with Gasteiger partial charge < -0.3 is 16.0 Å². The molecule has 0 unspecified atom stereocenters. The standard InChI is InChI=1S/C17H17N3O/c1-10-11(2)19-15-8-7-12(9-13(10)15)17(21)20-16-6-4-3-5-14(16)18/h3-9,19H,18H2,1-2H3,(H,20,21). The number of carbonyl (C=O) groups excluding carboxylic acids is 1. The Hall–Kier alpha value is -2.75. The molecule has 3 rings (SSSR count). The minimum atomic E-state index is -0.159. The summed E-state index contributed by atoms with van der Waals surface area (Å²) in [5, 5.41) is 3.91. The van der Waals surface area contributed by atoms with Crippen LogP contribution in [0.3, 0.4) is 0 Å². The molecule has 0 bridgehead atoms. The van der Waals surface area contributed by atoms with E-state index in [2.05, 4.69) is 10.3 Å². The zero-order valence-electron chi connectivity index (χ0n) is 12.0. The number of aromatic amines is 1. The number of aryl methyl sites for hydroxylation is 2. The van der Waals surface area contributed by atoms with E-state index in [1.807, 2.05) is 44.2 Å². The van der Waals surface area contributed by atoms with Crippen molar-refractivity contribution >= 4 is 28.2 Å². The fourth-order valence-corrected chi connectivity index (χ4v) is 2.41. The van der Waals surface area contributed by atoms with E-state index in [0.717, 1.165) is 16.6 Å². The molecule has 3 aromatic rings. The molecule has 1 amide bonds. The molecule has 4 nitrogen and oxygen atoms in total. The smallest absolute Gasteiger partial charge is 0.255 e. The van der Waals surface area contributed by atoms with Crippen LogP contribution in [0.5, 0.6) is 0 Å². The molecule has 0 fully saturated rings. The lowest BCUT2D eigenvalue weighted by molar-refractivity contribution is 0.102. The number of hydrogen-bond donors (Lipinski definition) is 3. The first-order chi connectivity index (χ1) is 10.1. The van der Waals surface area contributed by atoms with Crippen LogP contribution in [0.15, 0.2) is 42.5 Å². The van der Waals surface area contributed by atoms with Gasteiger partial charge in [-0.3, -0.25) is 4.79 Å². The maximum atomic E-state index is 12.4. The van der Waals surface area contributed by atoms with Gasteiger partial charge in [0.15, 0.2) is 0 Å². The molecule has 106 valence electrons. The summed E-state index contributed by atoms with van der Waals surface area (Å²) in [5.41, 5.74) is 11.0. The molecule has 1 heterocycles. The summed E-state index contributed by atoms with van der Waals surface area (Å²) in [5.74, 6) is -0.159. The van der Waals surface area contributed by atoms with Crippen molar-refractivity contribution in [2.45, 2.75) is 13.8 Å². The fourth-order valence-electron chi connectivity index (χ4n) is 2.41.